The van der Waals surface area contributed by atoms with Crippen LogP contribution in [-0.4, -0.2) is 18.1 Å². The summed E-state index contributed by atoms with van der Waals surface area (Å²) in [5, 5.41) is 1.73. The number of hydrogen-bond acceptors (Lipinski definition) is 4. The van der Waals surface area contributed by atoms with E-state index in [1.807, 2.05) is 0 Å². The Labute approximate surface area is 102 Å². The first-order chi connectivity index (χ1) is 8.17. The average molecular weight is 251 g/mol. The van der Waals surface area contributed by atoms with Crippen LogP contribution in [0.1, 0.15) is 29.3 Å². The fraction of sp³-hybridized carbons (Fsp3) is 0.333. The van der Waals surface area contributed by atoms with Gasteiger partial charge < -0.3 is 9.72 Å². The molecule has 0 saturated heterocycles. The fourth-order valence-corrected chi connectivity index (χ4v) is 2.86. The Bertz CT molecular complexity index is 612. The number of aryl methyl sites for hydroxylation is 1. The van der Waals surface area contributed by atoms with Gasteiger partial charge in [0, 0.05) is 11.4 Å². The van der Waals surface area contributed by atoms with Gasteiger partial charge in [0.15, 0.2) is 0 Å². The van der Waals surface area contributed by atoms with Crippen molar-refractivity contribution in [1.29, 1.82) is 0 Å². The van der Waals surface area contributed by atoms with Gasteiger partial charge in [-0.3, -0.25) is 4.79 Å². The molecule has 0 aliphatic rings. The number of rotatable bonds is 3. The number of ether oxygens (including phenoxy) is 1. The second-order valence-corrected chi connectivity index (χ2v) is 4.63. The monoisotopic (exact) mass is 251 g/mol. The highest BCUT2D eigenvalue weighted by Crippen LogP contribution is 2.27. The number of pyridine rings is 1. The summed E-state index contributed by atoms with van der Waals surface area (Å²) in [7, 11) is 1.33. The summed E-state index contributed by atoms with van der Waals surface area (Å²) >= 11 is 1.46. The molecule has 0 aliphatic carbocycles. The SMILES string of the molecule is CCCc1cc(=O)[nH]c2c(C(=O)OC)csc12. The largest absolute Gasteiger partial charge is 0.465 e. The van der Waals surface area contributed by atoms with Gasteiger partial charge in [0.05, 0.1) is 22.9 Å². The Morgan fingerprint density at radius 1 is 1.53 bits per heavy atom. The zero-order valence-corrected chi connectivity index (χ0v) is 10.5. The maximum Gasteiger partial charge on any atom is 0.340 e. The second kappa shape index (κ2) is 4.71. The predicted octanol–water partition coefficient (Wildman–Crippen LogP) is 2.33. The molecule has 5 heteroatoms. The maximum atomic E-state index is 11.5. The molecule has 0 aromatic carbocycles. The van der Waals surface area contributed by atoms with Crippen LogP contribution in [0.3, 0.4) is 0 Å². The molecule has 90 valence electrons. The topological polar surface area (TPSA) is 59.2 Å². The number of thiophene rings is 1. The number of H-pyrrole nitrogens is 1. The van der Waals surface area contributed by atoms with Crippen LogP contribution in [0.25, 0.3) is 10.2 Å². The maximum absolute atomic E-state index is 11.5. The van der Waals surface area contributed by atoms with Gasteiger partial charge in [0.2, 0.25) is 5.56 Å². The molecule has 0 aliphatic heterocycles. The lowest BCUT2D eigenvalue weighted by atomic mass is 10.1. The molecule has 2 rings (SSSR count). The minimum absolute atomic E-state index is 0.176. The summed E-state index contributed by atoms with van der Waals surface area (Å²) in [6, 6.07) is 1.60. The molecular formula is C12H13NO3S. The molecule has 0 unspecified atom stereocenters. The highest BCUT2D eigenvalue weighted by Gasteiger charge is 2.15. The number of fused-ring (bicyclic) bond motifs is 1. The molecule has 0 bridgehead atoms. The lowest BCUT2D eigenvalue weighted by molar-refractivity contribution is 0.0603. The highest BCUT2D eigenvalue weighted by atomic mass is 32.1. The van der Waals surface area contributed by atoms with Crippen LogP contribution in [0.4, 0.5) is 0 Å². The molecule has 2 aromatic rings. The summed E-state index contributed by atoms with van der Waals surface area (Å²) in [6.45, 7) is 2.06. The smallest absolute Gasteiger partial charge is 0.340 e. The minimum Gasteiger partial charge on any atom is -0.465 e. The first-order valence-corrected chi connectivity index (χ1v) is 6.27. The Hall–Kier alpha value is -1.62. The van der Waals surface area contributed by atoms with Crippen molar-refractivity contribution in [1.82, 2.24) is 4.98 Å². The highest BCUT2D eigenvalue weighted by molar-refractivity contribution is 7.17. The van der Waals surface area contributed by atoms with Crippen molar-refractivity contribution in [3.8, 4) is 0 Å². The van der Waals surface area contributed by atoms with Crippen molar-refractivity contribution in [3.05, 3.63) is 32.9 Å². The van der Waals surface area contributed by atoms with E-state index in [4.69, 9.17) is 0 Å². The van der Waals surface area contributed by atoms with Gasteiger partial charge in [0.25, 0.3) is 0 Å². The van der Waals surface area contributed by atoms with E-state index in [1.165, 1.54) is 18.4 Å². The molecule has 0 amide bonds. The van der Waals surface area contributed by atoms with Gasteiger partial charge in [-0.1, -0.05) is 13.3 Å². The number of carbonyl (C=O) groups excluding carboxylic acids is 1. The third kappa shape index (κ3) is 2.10. The van der Waals surface area contributed by atoms with Crippen molar-refractivity contribution in [3.63, 3.8) is 0 Å². The van der Waals surface area contributed by atoms with Crippen LogP contribution < -0.4 is 5.56 Å². The van der Waals surface area contributed by atoms with E-state index in [1.54, 1.807) is 11.4 Å². The van der Waals surface area contributed by atoms with E-state index in [-0.39, 0.29) is 5.56 Å². The average Bonchev–Trinajstić information content (AvgIpc) is 2.72. The summed E-state index contributed by atoms with van der Waals surface area (Å²) in [5.41, 5.74) is 1.84. The molecule has 0 radical (unpaired) electrons. The molecule has 2 aromatic heterocycles. The summed E-state index contributed by atoms with van der Waals surface area (Å²) in [6.07, 6.45) is 1.80. The van der Waals surface area contributed by atoms with Crippen molar-refractivity contribution in [2.45, 2.75) is 19.8 Å². The first kappa shape index (κ1) is 11.9. The van der Waals surface area contributed by atoms with E-state index in [9.17, 15) is 9.59 Å². The third-order valence-electron chi connectivity index (χ3n) is 2.56. The number of carbonyl (C=O) groups is 1. The quantitative estimate of drug-likeness (QED) is 0.852. The van der Waals surface area contributed by atoms with Crippen molar-refractivity contribution < 1.29 is 9.53 Å². The summed E-state index contributed by atoms with van der Waals surface area (Å²) in [4.78, 5) is 25.8. The molecule has 0 atom stereocenters. The molecular weight excluding hydrogens is 238 g/mol. The van der Waals surface area contributed by atoms with Gasteiger partial charge in [-0.25, -0.2) is 4.79 Å². The molecule has 0 saturated carbocycles. The molecule has 1 N–H and O–H groups in total. The van der Waals surface area contributed by atoms with Gasteiger partial charge in [-0.15, -0.1) is 11.3 Å². The van der Waals surface area contributed by atoms with E-state index < -0.39 is 5.97 Å². The van der Waals surface area contributed by atoms with Crippen molar-refractivity contribution in [2.75, 3.05) is 7.11 Å². The minimum atomic E-state index is -0.416. The van der Waals surface area contributed by atoms with Crippen LogP contribution in [0.15, 0.2) is 16.2 Å². The Kier molecular flexibility index (Phi) is 3.28. The number of hydrogen-bond donors (Lipinski definition) is 1. The molecule has 4 nitrogen and oxygen atoms in total. The number of esters is 1. The van der Waals surface area contributed by atoms with E-state index in [2.05, 4.69) is 16.6 Å². The van der Waals surface area contributed by atoms with Gasteiger partial charge in [0.1, 0.15) is 0 Å². The normalized spacial score (nSPS) is 10.7. The first-order valence-electron chi connectivity index (χ1n) is 5.39. The van der Waals surface area contributed by atoms with Crippen molar-refractivity contribution in [2.24, 2.45) is 0 Å². The second-order valence-electron chi connectivity index (χ2n) is 3.75. The van der Waals surface area contributed by atoms with E-state index in [0.29, 0.717) is 11.1 Å². The predicted molar refractivity (Wildman–Crippen MR) is 67.8 cm³/mol. The zero-order valence-electron chi connectivity index (χ0n) is 9.70. The fourth-order valence-electron chi connectivity index (χ4n) is 1.82. The zero-order chi connectivity index (χ0) is 12.4. The Morgan fingerprint density at radius 3 is 2.94 bits per heavy atom. The summed E-state index contributed by atoms with van der Waals surface area (Å²) in [5.74, 6) is -0.416. The van der Waals surface area contributed by atoms with Crippen LogP contribution in [0.5, 0.6) is 0 Å². The molecule has 2 heterocycles. The lowest BCUT2D eigenvalue weighted by Gasteiger charge is -2.01. The van der Waals surface area contributed by atoms with Crippen LogP contribution >= 0.6 is 11.3 Å². The van der Waals surface area contributed by atoms with E-state index in [0.717, 1.165) is 23.1 Å². The lowest BCUT2D eigenvalue weighted by Crippen LogP contribution is -2.08. The molecule has 0 fully saturated rings. The van der Waals surface area contributed by atoms with Crippen LogP contribution in [0, 0.1) is 0 Å². The molecule has 0 spiro atoms. The standard InChI is InChI=1S/C12H13NO3S/c1-3-4-7-5-9(14)13-10-8(12(15)16-2)6-17-11(7)10/h5-6H,3-4H2,1-2H3,(H,13,14). The van der Waals surface area contributed by atoms with Gasteiger partial charge in [-0.05, 0) is 12.0 Å². The number of nitrogens with one attached hydrogen (secondary N) is 1. The third-order valence-corrected chi connectivity index (χ3v) is 3.62. The number of methoxy groups -OCH3 is 1. The van der Waals surface area contributed by atoms with E-state index >= 15 is 0 Å². The van der Waals surface area contributed by atoms with Crippen molar-refractivity contribution >= 4 is 27.5 Å². The van der Waals surface area contributed by atoms with Gasteiger partial charge in [-0.2, -0.15) is 0 Å². The number of aromatic nitrogens is 1. The summed E-state index contributed by atoms with van der Waals surface area (Å²) < 4.78 is 5.65. The van der Waals surface area contributed by atoms with Crippen LogP contribution in [0.2, 0.25) is 0 Å². The van der Waals surface area contributed by atoms with Crippen LogP contribution in [-0.2, 0) is 11.2 Å². The Morgan fingerprint density at radius 2 is 2.29 bits per heavy atom. The number of aromatic amines is 1. The Balaban J connectivity index is 2.68. The molecule has 17 heavy (non-hydrogen) atoms. The van der Waals surface area contributed by atoms with Gasteiger partial charge >= 0.3 is 5.97 Å².